The van der Waals surface area contributed by atoms with Crippen LogP contribution in [-0.2, 0) is 0 Å². The van der Waals surface area contributed by atoms with Crippen LogP contribution in [0.5, 0.6) is 5.88 Å². The van der Waals surface area contributed by atoms with E-state index in [9.17, 15) is 4.79 Å². The average molecular weight is 407 g/mol. The molecule has 3 aromatic heterocycles. The highest BCUT2D eigenvalue weighted by atomic mass is 32.1. The highest BCUT2D eigenvalue weighted by Gasteiger charge is 2.48. The third-order valence-electron chi connectivity index (χ3n) is 5.74. The van der Waals surface area contributed by atoms with Crippen LogP contribution in [0.2, 0.25) is 0 Å². The van der Waals surface area contributed by atoms with Crippen LogP contribution in [0.1, 0.15) is 34.5 Å². The summed E-state index contributed by atoms with van der Waals surface area (Å²) >= 11 is 1.50. The SMILES string of the molecule is Cc1ccc(OC2CC3CC2N(C(=O)c2ccc(C)nc2-c2nccs2)C3)nc1. The van der Waals surface area contributed by atoms with Gasteiger partial charge < -0.3 is 9.64 Å². The number of nitrogens with zero attached hydrogens (tertiary/aromatic N) is 4. The summed E-state index contributed by atoms with van der Waals surface area (Å²) < 4.78 is 6.17. The second kappa shape index (κ2) is 7.22. The standard InChI is InChI=1S/C22H22N4O2S/c1-13-3-6-19(24-11-13)28-18-10-15-9-17(18)26(12-15)22(27)16-5-4-14(2)25-20(16)21-23-7-8-29-21/h3-8,11,15,17-18H,9-10,12H2,1-2H3. The first-order valence-electron chi connectivity index (χ1n) is 9.86. The Bertz CT molecular complexity index is 1040. The molecule has 0 spiro atoms. The van der Waals surface area contributed by atoms with E-state index in [-0.39, 0.29) is 18.1 Å². The Kier molecular flexibility index (Phi) is 4.54. The topological polar surface area (TPSA) is 68.2 Å². The predicted molar refractivity (Wildman–Crippen MR) is 111 cm³/mol. The fourth-order valence-electron chi connectivity index (χ4n) is 4.39. The Morgan fingerprint density at radius 1 is 1.17 bits per heavy atom. The van der Waals surface area contributed by atoms with E-state index in [1.807, 2.05) is 54.6 Å². The van der Waals surface area contributed by atoms with Gasteiger partial charge in [0, 0.05) is 36.1 Å². The first-order chi connectivity index (χ1) is 14.1. The first-order valence-corrected chi connectivity index (χ1v) is 10.7. The summed E-state index contributed by atoms with van der Waals surface area (Å²) in [7, 11) is 0. The summed E-state index contributed by atoms with van der Waals surface area (Å²) in [6.07, 6.45) is 5.48. The number of rotatable bonds is 4. The fraction of sp³-hybridized carbons (Fsp3) is 0.364. The summed E-state index contributed by atoms with van der Waals surface area (Å²) in [5.74, 6) is 1.11. The lowest BCUT2D eigenvalue weighted by molar-refractivity contribution is 0.0467. The van der Waals surface area contributed by atoms with Crippen molar-refractivity contribution in [1.29, 1.82) is 0 Å². The van der Waals surface area contributed by atoms with Crippen LogP contribution in [0.25, 0.3) is 10.7 Å². The molecule has 1 saturated heterocycles. The van der Waals surface area contributed by atoms with Crippen molar-refractivity contribution >= 4 is 17.2 Å². The molecule has 2 aliphatic rings. The molecule has 3 unspecified atom stereocenters. The maximum atomic E-state index is 13.5. The van der Waals surface area contributed by atoms with Crippen molar-refractivity contribution in [3.63, 3.8) is 0 Å². The van der Waals surface area contributed by atoms with Crippen LogP contribution >= 0.6 is 11.3 Å². The number of aryl methyl sites for hydroxylation is 2. The molecule has 5 rings (SSSR count). The number of pyridine rings is 2. The third kappa shape index (κ3) is 3.40. The van der Waals surface area contributed by atoms with Gasteiger partial charge in [-0.1, -0.05) is 6.07 Å². The van der Waals surface area contributed by atoms with Crippen LogP contribution < -0.4 is 4.74 Å². The lowest BCUT2D eigenvalue weighted by Gasteiger charge is -2.33. The minimum atomic E-state index is -0.0189. The summed E-state index contributed by atoms with van der Waals surface area (Å²) in [4.78, 5) is 28.8. The Labute approximate surface area is 173 Å². The van der Waals surface area contributed by atoms with Crippen molar-refractivity contribution in [2.75, 3.05) is 6.54 Å². The number of amides is 1. The summed E-state index contributed by atoms with van der Waals surface area (Å²) in [6, 6.07) is 7.74. The second-order valence-electron chi connectivity index (χ2n) is 7.88. The number of carbonyl (C=O) groups excluding carboxylic acids is 1. The van der Waals surface area contributed by atoms with Gasteiger partial charge in [0.15, 0.2) is 0 Å². The van der Waals surface area contributed by atoms with E-state index in [4.69, 9.17) is 4.74 Å². The molecule has 1 aliphatic carbocycles. The maximum absolute atomic E-state index is 13.5. The largest absolute Gasteiger partial charge is 0.472 e. The van der Waals surface area contributed by atoms with Gasteiger partial charge in [-0.15, -0.1) is 11.3 Å². The molecule has 2 bridgehead atoms. The molecule has 3 aromatic rings. The van der Waals surface area contributed by atoms with Crippen LogP contribution in [0.3, 0.4) is 0 Å². The highest BCUT2D eigenvalue weighted by molar-refractivity contribution is 7.13. The number of aromatic nitrogens is 3. The zero-order chi connectivity index (χ0) is 20.0. The van der Waals surface area contributed by atoms with Crippen molar-refractivity contribution in [2.45, 2.75) is 38.8 Å². The number of thiazole rings is 1. The summed E-state index contributed by atoms with van der Waals surface area (Å²) in [5.41, 5.74) is 3.26. The van der Waals surface area contributed by atoms with Crippen molar-refractivity contribution in [2.24, 2.45) is 5.92 Å². The van der Waals surface area contributed by atoms with E-state index in [1.165, 1.54) is 11.3 Å². The number of hydrogen-bond acceptors (Lipinski definition) is 6. The van der Waals surface area contributed by atoms with E-state index < -0.39 is 0 Å². The molecule has 1 aliphatic heterocycles. The van der Waals surface area contributed by atoms with Crippen molar-refractivity contribution < 1.29 is 9.53 Å². The van der Waals surface area contributed by atoms with Gasteiger partial charge in [0.1, 0.15) is 16.8 Å². The third-order valence-corrected chi connectivity index (χ3v) is 6.52. The first kappa shape index (κ1) is 18.2. The fourth-order valence-corrected chi connectivity index (χ4v) is 5.03. The quantitative estimate of drug-likeness (QED) is 0.657. The number of hydrogen-bond donors (Lipinski definition) is 0. The number of fused-ring (bicyclic) bond motifs is 2. The van der Waals surface area contributed by atoms with Gasteiger partial charge in [-0.2, -0.15) is 0 Å². The van der Waals surface area contributed by atoms with Crippen LogP contribution in [0.4, 0.5) is 0 Å². The lowest BCUT2D eigenvalue weighted by Crippen LogP contribution is -2.47. The smallest absolute Gasteiger partial charge is 0.256 e. The van der Waals surface area contributed by atoms with Crippen LogP contribution in [0, 0.1) is 19.8 Å². The summed E-state index contributed by atoms with van der Waals surface area (Å²) in [6.45, 7) is 4.71. The maximum Gasteiger partial charge on any atom is 0.256 e. The van der Waals surface area contributed by atoms with Gasteiger partial charge in [-0.25, -0.2) is 15.0 Å². The molecule has 7 heteroatoms. The van der Waals surface area contributed by atoms with E-state index in [0.717, 1.165) is 35.7 Å². The van der Waals surface area contributed by atoms with Gasteiger partial charge in [0.25, 0.3) is 5.91 Å². The van der Waals surface area contributed by atoms with Gasteiger partial charge in [-0.3, -0.25) is 4.79 Å². The minimum absolute atomic E-state index is 0.0142. The van der Waals surface area contributed by atoms with Crippen LogP contribution in [0.15, 0.2) is 42.0 Å². The average Bonchev–Trinajstić information content (AvgIpc) is 3.46. The number of piperidine rings is 1. The highest BCUT2D eigenvalue weighted by Crippen LogP contribution is 2.41. The van der Waals surface area contributed by atoms with Gasteiger partial charge in [-0.05, 0) is 50.3 Å². The zero-order valence-electron chi connectivity index (χ0n) is 16.4. The Morgan fingerprint density at radius 2 is 2.07 bits per heavy atom. The number of carbonyl (C=O) groups is 1. The molecular weight excluding hydrogens is 384 g/mol. The Hall–Kier alpha value is -2.80. The molecule has 1 amide bonds. The number of ether oxygens (including phenoxy) is 1. The van der Waals surface area contributed by atoms with E-state index in [2.05, 4.69) is 15.0 Å². The van der Waals surface area contributed by atoms with Crippen molar-refractivity contribution in [3.8, 4) is 16.6 Å². The predicted octanol–water partition coefficient (Wildman–Crippen LogP) is 3.90. The van der Waals surface area contributed by atoms with Gasteiger partial charge in [0.2, 0.25) is 5.88 Å². The normalized spacial score (nSPS) is 22.8. The molecule has 148 valence electrons. The molecule has 4 heterocycles. The van der Waals surface area contributed by atoms with E-state index in [1.54, 1.807) is 6.20 Å². The van der Waals surface area contributed by atoms with E-state index in [0.29, 0.717) is 23.1 Å². The number of likely N-dealkylation sites (tertiary alicyclic amines) is 1. The minimum Gasteiger partial charge on any atom is -0.472 e. The van der Waals surface area contributed by atoms with Gasteiger partial charge >= 0.3 is 0 Å². The molecule has 3 atom stereocenters. The van der Waals surface area contributed by atoms with E-state index >= 15 is 0 Å². The molecule has 1 saturated carbocycles. The molecular formula is C22H22N4O2S. The zero-order valence-corrected chi connectivity index (χ0v) is 17.2. The molecule has 29 heavy (non-hydrogen) atoms. The van der Waals surface area contributed by atoms with Crippen LogP contribution in [-0.4, -0.2) is 44.4 Å². The Balaban J connectivity index is 1.40. The van der Waals surface area contributed by atoms with Crippen molar-refractivity contribution in [3.05, 3.63) is 58.9 Å². The molecule has 6 nitrogen and oxygen atoms in total. The Morgan fingerprint density at radius 3 is 2.79 bits per heavy atom. The second-order valence-corrected chi connectivity index (χ2v) is 8.77. The summed E-state index contributed by atoms with van der Waals surface area (Å²) in [5, 5.41) is 2.68. The van der Waals surface area contributed by atoms with Crippen molar-refractivity contribution in [1.82, 2.24) is 19.9 Å². The monoisotopic (exact) mass is 406 g/mol. The lowest BCUT2D eigenvalue weighted by atomic mass is 10.1. The molecule has 0 N–H and O–H groups in total. The molecule has 0 radical (unpaired) electrons. The molecule has 2 fully saturated rings. The van der Waals surface area contributed by atoms with Gasteiger partial charge in [0.05, 0.1) is 11.6 Å². The molecule has 0 aromatic carbocycles.